The topological polar surface area (TPSA) is 56.0 Å². The molecule has 0 radical (unpaired) electrons. The fraction of sp³-hybridized carbons (Fsp3) is 0.400. The molecule has 1 aromatic heterocycles. The predicted molar refractivity (Wildman–Crippen MR) is 55.3 cm³/mol. The minimum Gasteiger partial charge on any atom is -0.383 e. The van der Waals surface area contributed by atoms with E-state index in [1.807, 2.05) is 0 Å². The summed E-state index contributed by atoms with van der Waals surface area (Å²) in [5.41, 5.74) is 6.06. The maximum absolute atomic E-state index is 11.7. The van der Waals surface area contributed by atoms with Crippen LogP contribution in [0.25, 0.3) is 0 Å². The second kappa shape index (κ2) is 3.58. The van der Waals surface area contributed by atoms with E-state index in [0.717, 1.165) is 12.8 Å². The van der Waals surface area contributed by atoms with Crippen molar-refractivity contribution in [3.63, 3.8) is 0 Å². The van der Waals surface area contributed by atoms with E-state index in [-0.39, 0.29) is 11.6 Å². The van der Waals surface area contributed by atoms with Crippen molar-refractivity contribution in [2.75, 3.05) is 5.73 Å². The van der Waals surface area contributed by atoms with Crippen LogP contribution in [-0.2, 0) is 0 Å². The summed E-state index contributed by atoms with van der Waals surface area (Å²) in [5.74, 6) is 0.890. The Morgan fingerprint density at radius 1 is 1.64 bits per heavy atom. The summed E-state index contributed by atoms with van der Waals surface area (Å²) in [4.78, 5) is 15.5. The van der Waals surface area contributed by atoms with Gasteiger partial charge in [-0.3, -0.25) is 4.79 Å². The number of carbonyl (C=O) groups is 1. The molecular weight excluding hydrogens is 200 g/mol. The van der Waals surface area contributed by atoms with Gasteiger partial charge in [-0.05, 0) is 24.8 Å². The van der Waals surface area contributed by atoms with Crippen LogP contribution in [0.2, 0.25) is 5.02 Å². The molecule has 1 aliphatic carbocycles. The van der Waals surface area contributed by atoms with E-state index in [9.17, 15) is 4.79 Å². The van der Waals surface area contributed by atoms with Gasteiger partial charge in [-0.25, -0.2) is 4.98 Å². The van der Waals surface area contributed by atoms with Crippen molar-refractivity contribution in [3.05, 3.63) is 22.8 Å². The number of hydrogen-bond acceptors (Lipinski definition) is 3. The SMILES string of the molecule is Nc1ncc(Cl)cc1C(=O)CC1CC1. The molecule has 0 bridgehead atoms. The number of nitrogen functional groups attached to an aromatic ring is 1. The monoisotopic (exact) mass is 210 g/mol. The lowest BCUT2D eigenvalue weighted by molar-refractivity contribution is 0.0976. The standard InChI is InChI=1S/C10H11ClN2O/c11-7-4-8(10(12)13-5-7)9(14)3-6-1-2-6/h4-6H,1-3H2,(H2,12,13). The molecule has 1 saturated carbocycles. The van der Waals surface area contributed by atoms with Crippen molar-refractivity contribution < 1.29 is 4.79 Å². The first-order valence-corrected chi connectivity index (χ1v) is 4.99. The van der Waals surface area contributed by atoms with Gasteiger partial charge in [0.15, 0.2) is 5.78 Å². The third-order valence-electron chi connectivity index (χ3n) is 2.36. The predicted octanol–water partition coefficient (Wildman–Crippen LogP) is 2.30. The number of nitrogens with zero attached hydrogens (tertiary/aromatic N) is 1. The van der Waals surface area contributed by atoms with Gasteiger partial charge in [-0.2, -0.15) is 0 Å². The van der Waals surface area contributed by atoms with Gasteiger partial charge < -0.3 is 5.73 Å². The van der Waals surface area contributed by atoms with Crippen LogP contribution in [0.4, 0.5) is 5.82 Å². The Hall–Kier alpha value is -1.09. The lowest BCUT2D eigenvalue weighted by atomic mass is 10.1. The van der Waals surface area contributed by atoms with Gasteiger partial charge in [0, 0.05) is 12.6 Å². The molecule has 74 valence electrons. The van der Waals surface area contributed by atoms with E-state index < -0.39 is 0 Å². The molecule has 0 spiro atoms. The Bertz CT molecular complexity index is 374. The number of aromatic nitrogens is 1. The highest BCUT2D eigenvalue weighted by Gasteiger charge is 2.25. The first-order chi connectivity index (χ1) is 6.66. The Morgan fingerprint density at radius 2 is 2.36 bits per heavy atom. The fourth-order valence-electron chi connectivity index (χ4n) is 1.37. The van der Waals surface area contributed by atoms with Gasteiger partial charge in [0.1, 0.15) is 5.82 Å². The maximum Gasteiger partial charge on any atom is 0.166 e. The number of carbonyl (C=O) groups excluding carboxylic acids is 1. The normalized spacial score (nSPS) is 15.5. The maximum atomic E-state index is 11.7. The van der Waals surface area contributed by atoms with Crippen molar-refractivity contribution >= 4 is 23.2 Å². The number of halogens is 1. The molecule has 14 heavy (non-hydrogen) atoms. The van der Waals surface area contributed by atoms with E-state index in [4.69, 9.17) is 17.3 Å². The molecule has 0 saturated heterocycles. The number of pyridine rings is 1. The molecule has 0 aliphatic heterocycles. The second-order valence-corrected chi connectivity index (χ2v) is 4.09. The molecule has 0 aromatic carbocycles. The molecule has 4 heteroatoms. The molecule has 2 N–H and O–H groups in total. The number of ketones is 1. The largest absolute Gasteiger partial charge is 0.383 e. The van der Waals surface area contributed by atoms with Crippen LogP contribution in [-0.4, -0.2) is 10.8 Å². The first kappa shape index (κ1) is 9.46. The average Bonchev–Trinajstić information content (AvgIpc) is 2.93. The minimum absolute atomic E-state index is 0.0556. The van der Waals surface area contributed by atoms with Gasteiger partial charge in [-0.1, -0.05) is 11.6 Å². The zero-order chi connectivity index (χ0) is 10.1. The van der Waals surface area contributed by atoms with E-state index in [1.165, 1.54) is 6.20 Å². The lowest BCUT2D eigenvalue weighted by Gasteiger charge is -2.03. The molecule has 0 unspecified atom stereocenters. The van der Waals surface area contributed by atoms with Crippen LogP contribution in [0.15, 0.2) is 12.3 Å². The van der Waals surface area contributed by atoms with Crippen molar-refractivity contribution in [1.82, 2.24) is 4.98 Å². The Balaban J connectivity index is 2.20. The summed E-state index contributed by atoms with van der Waals surface area (Å²) in [6.07, 6.45) is 4.33. The molecule has 3 nitrogen and oxygen atoms in total. The van der Waals surface area contributed by atoms with Crippen LogP contribution in [0.1, 0.15) is 29.6 Å². The highest BCUT2D eigenvalue weighted by atomic mass is 35.5. The van der Waals surface area contributed by atoms with E-state index in [2.05, 4.69) is 4.98 Å². The van der Waals surface area contributed by atoms with Crippen LogP contribution in [0.3, 0.4) is 0 Å². The van der Waals surface area contributed by atoms with Gasteiger partial charge in [0.2, 0.25) is 0 Å². The van der Waals surface area contributed by atoms with Crippen molar-refractivity contribution in [2.45, 2.75) is 19.3 Å². The number of nitrogens with two attached hydrogens (primary N) is 1. The Morgan fingerprint density at radius 3 is 3.00 bits per heavy atom. The van der Waals surface area contributed by atoms with Gasteiger partial charge in [0.05, 0.1) is 10.6 Å². The smallest absolute Gasteiger partial charge is 0.166 e. The summed E-state index contributed by atoms with van der Waals surface area (Å²) < 4.78 is 0. The highest BCUT2D eigenvalue weighted by Crippen LogP contribution is 2.34. The summed E-state index contributed by atoms with van der Waals surface area (Å²) in [7, 11) is 0. The average molecular weight is 211 g/mol. The van der Waals surface area contributed by atoms with Crippen LogP contribution < -0.4 is 5.73 Å². The molecule has 1 aromatic rings. The quantitative estimate of drug-likeness (QED) is 0.779. The first-order valence-electron chi connectivity index (χ1n) is 4.61. The number of Topliss-reactive ketones (excluding diaryl/α,β-unsaturated/α-hetero) is 1. The zero-order valence-electron chi connectivity index (χ0n) is 7.66. The number of rotatable bonds is 3. The van der Waals surface area contributed by atoms with Crippen molar-refractivity contribution in [3.8, 4) is 0 Å². The summed E-state index contributed by atoms with van der Waals surface area (Å²) >= 11 is 5.74. The van der Waals surface area contributed by atoms with Gasteiger partial charge in [0.25, 0.3) is 0 Å². The van der Waals surface area contributed by atoms with E-state index in [0.29, 0.717) is 22.9 Å². The van der Waals surface area contributed by atoms with Gasteiger partial charge in [-0.15, -0.1) is 0 Å². The molecule has 0 atom stereocenters. The molecule has 1 heterocycles. The summed E-state index contributed by atoms with van der Waals surface area (Å²) in [6, 6.07) is 1.59. The summed E-state index contributed by atoms with van der Waals surface area (Å²) in [6.45, 7) is 0. The fourth-order valence-corrected chi connectivity index (χ4v) is 1.53. The Labute approximate surface area is 87.3 Å². The van der Waals surface area contributed by atoms with Crippen LogP contribution >= 0.6 is 11.6 Å². The summed E-state index contributed by atoms with van der Waals surface area (Å²) in [5, 5.41) is 0.457. The van der Waals surface area contributed by atoms with Crippen molar-refractivity contribution in [1.29, 1.82) is 0 Å². The third kappa shape index (κ3) is 2.04. The molecule has 1 fully saturated rings. The second-order valence-electron chi connectivity index (χ2n) is 3.66. The highest BCUT2D eigenvalue weighted by molar-refractivity contribution is 6.31. The minimum atomic E-state index is 0.0556. The lowest BCUT2D eigenvalue weighted by Crippen LogP contribution is -2.06. The third-order valence-corrected chi connectivity index (χ3v) is 2.56. The van der Waals surface area contributed by atoms with Crippen molar-refractivity contribution in [2.24, 2.45) is 5.92 Å². The van der Waals surface area contributed by atoms with E-state index >= 15 is 0 Å². The number of hydrogen-bond donors (Lipinski definition) is 1. The molecule has 0 amide bonds. The zero-order valence-corrected chi connectivity index (χ0v) is 8.42. The number of anilines is 1. The van der Waals surface area contributed by atoms with Crippen LogP contribution in [0.5, 0.6) is 0 Å². The van der Waals surface area contributed by atoms with E-state index in [1.54, 1.807) is 6.07 Å². The molecular formula is C10H11ClN2O. The molecule has 2 rings (SSSR count). The molecule has 1 aliphatic rings. The Kier molecular flexibility index (Phi) is 2.42. The van der Waals surface area contributed by atoms with Gasteiger partial charge >= 0.3 is 0 Å². The van der Waals surface area contributed by atoms with Crippen LogP contribution in [0, 0.1) is 5.92 Å².